The van der Waals surface area contributed by atoms with Gasteiger partial charge in [0.25, 0.3) is 5.91 Å². The average molecular weight is 386 g/mol. The molecule has 0 aliphatic carbocycles. The van der Waals surface area contributed by atoms with E-state index in [-0.39, 0.29) is 6.54 Å². The predicted octanol–water partition coefficient (Wildman–Crippen LogP) is 3.36. The zero-order chi connectivity index (χ0) is 19.8. The molecule has 1 fully saturated rings. The van der Waals surface area contributed by atoms with E-state index in [1.165, 1.54) is 0 Å². The first-order valence-electron chi connectivity index (χ1n) is 8.48. The number of nitrogens with one attached hydrogen (secondary N) is 2. The highest BCUT2D eigenvalue weighted by atomic mass is 35.5. The maximum Gasteiger partial charge on any atom is 0.325 e. The van der Waals surface area contributed by atoms with Crippen molar-refractivity contribution in [2.75, 3.05) is 11.9 Å². The van der Waals surface area contributed by atoms with Crippen LogP contribution in [-0.4, -0.2) is 29.3 Å². The Balaban J connectivity index is 1.75. The summed E-state index contributed by atoms with van der Waals surface area (Å²) >= 11 is 6.00. The van der Waals surface area contributed by atoms with E-state index in [9.17, 15) is 14.4 Å². The molecule has 0 aromatic heterocycles. The SMILES string of the molecule is Cc1ccc(NC(=O)CN2C(=O)NC(C)(c3cccc(Cl)c3)C2=O)cc1C. The number of anilines is 1. The van der Waals surface area contributed by atoms with E-state index in [1.54, 1.807) is 37.3 Å². The van der Waals surface area contributed by atoms with Gasteiger partial charge < -0.3 is 10.6 Å². The molecule has 2 aromatic rings. The molecule has 6 nitrogen and oxygen atoms in total. The number of rotatable bonds is 4. The van der Waals surface area contributed by atoms with Crippen molar-refractivity contribution in [1.82, 2.24) is 10.2 Å². The molecule has 1 aliphatic heterocycles. The number of amides is 4. The minimum atomic E-state index is -1.26. The Labute approximate surface area is 162 Å². The quantitative estimate of drug-likeness (QED) is 0.792. The van der Waals surface area contributed by atoms with Gasteiger partial charge in [-0.25, -0.2) is 4.79 Å². The highest BCUT2D eigenvalue weighted by molar-refractivity contribution is 6.30. The molecule has 2 aromatic carbocycles. The van der Waals surface area contributed by atoms with Crippen molar-refractivity contribution >= 4 is 35.1 Å². The number of carbonyl (C=O) groups excluding carboxylic acids is 3. The molecule has 27 heavy (non-hydrogen) atoms. The molecule has 0 bridgehead atoms. The Morgan fingerprint density at radius 3 is 2.56 bits per heavy atom. The lowest BCUT2D eigenvalue weighted by Gasteiger charge is -2.22. The maximum absolute atomic E-state index is 12.9. The van der Waals surface area contributed by atoms with Crippen molar-refractivity contribution in [3.05, 3.63) is 64.2 Å². The van der Waals surface area contributed by atoms with Gasteiger partial charge in [-0.05, 0) is 61.7 Å². The van der Waals surface area contributed by atoms with E-state index >= 15 is 0 Å². The van der Waals surface area contributed by atoms with Crippen molar-refractivity contribution in [2.24, 2.45) is 0 Å². The summed E-state index contributed by atoms with van der Waals surface area (Å²) in [5.41, 5.74) is 2.07. The van der Waals surface area contributed by atoms with Gasteiger partial charge in [-0.15, -0.1) is 0 Å². The van der Waals surface area contributed by atoms with Crippen LogP contribution in [0, 0.1) is 13.8 Å². The van der Waals surface area contributed by atoms with E-state index in [4.69, 9.17) is 11.6 Å². The molecule has 1 saturated heterocycles. The molecule has 140 valence electrons. The lowest BCUT2D eigenvalue weighted by molar-refractivity contribution is -0.133. The zero-order valence-electron chi connectivity index (χ0n) is 15.3. The minimum Gasteiger partial charge on any atom is -0.325 e. The Kier molecular flexibility index (Phi) is 4.93. The molecule has 1 aliphatic rings. The van der Waals surface area contributed by atoms with Gasteiger partial charge in [0.15, 0.2) is 0 Å². The number of halogens is 1. The number of nitrogens with zero attached hydrogens (tertiary/aromatic N) is 1. The van der Waals surface area contributed by atoms with Gasteiger partial charge in [0.05, 0.1) is 0 Å². The van der Waals surface area contributed by atoms with Crippen molar-refractivity contribution < 1.29 is 14.4 Å². The van der Waals surface area contributed by atoms with Gasteiger partial charge >= 0.3 is 6.03 Å². The number of urea groups is 1. The maximum atomic E-state index is 12.9. The van der Waals surface area contributed by atoms with Gasteiger partial charge in [-0.2, -0.15) is 0 Å². The number of benzene rings is 2. The second kappa shape index (κ2) is 7.04. The first kappa shape index (κ1) is 18.9. The molecular weight excluding hydrogens is 366 g/mol. The Morgan fingerprint density at radius 1 is 1.15 bits per heavy atom. The van der Waals surface area contributed by atoms with Gasteiger partial charge in [0.2, 0.25) is 5.91 Å². The molecule has 4 amide bonds. The largest absolute Gasteiger partial charge is 0.325 e. The lowest BCUT2D eigenvalue weighted by Crippen LogP contribution is -2.42. The summed E-state index contributed by atoms with van der Waals surface area (Å²) in [4.78, 5) is 38.4. The number of hydrogen-bond donors (Lipinski definition) is 2. The molecule has 3 rings (SSSR count). The fourth-order valence-corrected chi connectivity index (χ4v) is 3.19. The number of hydrogen-bond acceptors (Lipinski definition) is 3. The topological polar surface area (TPSA) is 78.5 Å². The molecule has 0 spiro atoms. The van der Waals surface area contributed by atoms with Crippen LogP contribution in [0.4, 0.5) is 10.5 Å². The number of aryl methyl sites for hydroxylation is 2. The normalized spacial score (nSPS) is 19.2. The minimum absolute atomic E-state index is 0.367. The fourth-order valence-electron chi connectivity index (χ4n) is 3.00. The third-order valence-electron chi connectivity index (χ3n) is 4.77. The highest BCUT2D eigenvalue weighted by Gasteiger charge is 2.49. The number of imide groups is 1. The summed E-state index contributed by atoms with van der Waals surface area (Å²) in [6, 6.07) is 11.6. The second-order valence-electron chi connectivity index (χ2n) is 6.80. The van der Waals surface area contributed by atoms with Crippen molar-refractivity contribution in [1.29, 1.82) is 0 Å². The Hall–Kier alpha value is -2.86. The monoisotopic (exact) mass is 385 g/mol. The van der Waals surface area contributed by atoms with Crippen LogP contribution < -0.4 is 10.6 Å². The summed E-state index contributed by atoms with van der Waals surface area (Å²) in [7, 11) is 0. The predicted molar refractivity (Wildman–Crippen MR) is 104 cm³/mol. The van der Waals surface area contributed by atoms with E-state index in [0.717, 1.165) is 16.0 Å². The van der Waals surface area contributed by atoms with Crippen molar-refractivity contribution in [3.8, 4) is 0 Å². The average Bonchev–Trinajstić information content (AvgIpc) is 2.82. The fraction of sp³-hybridized carbons (Fsp3) is 0.250. The highest BCUT2D eigenvalue weighted by Crippen LogP contribution is 2.30. The van der Waals surface area contributed by atoms with Crippen LogP contribution >= 0.6 is 11.6 Å². The smallest absolute Gasteiger partial charge is 0.325 e. The molecule has 7 heteroatoms. The third kappa shape index (κ3) is 3.66. The van der Waals surface area contributed by atoms with E-state index < -0.39 is 23.4 Å². The van der Waals surface area contributed by atoms with Gasteiger partial charge in [0, 0.05) is 10.7 Å². The molecule has 2 N–H and O–H groups in total. The molecule has 1 unspecified atom stereocenters. The van der Waals surface area contributed by atoms with Crippen LogP contribution in [0.1, 0.15) is 23.6 Å². The van der Waals surface area contributed by atoms with E-state index in [2.05, 4.69) is 10.6 Å². The van der Waals surface area contributed by atoms with Crippen molar-refractivity contribution in [3.63, 3.8) is 0 Å². The van der Waals surface area contributed by atoms with Crippen LogP contribution in [0.2, 0.25) is 5.02 Å². The van der Waals surface area contributed by atoms with Crippen LogP contribution in [0.3, 0.4) is 0 Å². The first-order chi connectivity index (χ1) is 12.7. The Morgan fingerprint density at radius 2 is 1.89 bits per heavy atom. The summed E-state index contributed by atoms with van der Waals surface area (Å²) in [5.74, 6) is -0.942. The number of carbonyl (C=O) groups is 3. The molecule has 0 radical (unpaired) electrons. The molecular formula is C20H20ClN3O3. The van der Waals surface area contributed by atoms with E-state index in [0.29, 0.717) is 16.3 Å². The first-order valence-corrected chi connectivity index (χ1v) is 8.86. The van der Waals surface area contributed by atoms with Gasteiger partial charge in [-0.1, -0.05) is 29.8 Å². The van der Waals surface area contributed by atoms with Crippen LogP contribution in [0.25, 0.3) is 0 Å². The summed E-state index contributed by atoms with van der Waals surface area (Å²) in [6.07, 6.45) is 0. The van der Waals surface area contributed by atoms with Gasteiger partial charge in [0.1, 0.15) is 12.1 Å². The van der Waals surface area contributed by atoms with Crippen molar-refractivity contribution in [2.45, 2.75) is 26.3 Å². The lowest BCUT2D eigenvalue weighted by atomic mass is 9.92. The second-order valence-corrected chi connectivity index (χ2v) is 7.24. The zero-order valence-corrected chi connectivity index (χ0v) is 16.1. The van der Waals surface area contributed by atoms with Crippen LogP contribution in [-0.2, 0) is 15.1 Å². The summed E-state index contributed by atoms with van der Waals surface area (Å²) in [6.45, 7) is 5.15. The van der Waals surface area contributed by atoms with E-state index in [1.807, 2.05) is 26.0 Å². The molecule has 0 saturated carbocycles. The molecule has 1 heterocycles. The van der Waals surface area contributed by atoms with Gasteiger partial charge in [-0.3, -0.25) is 14.5 Å². The summed E-state index contributed by atoms with van der Waals surface area (Å²) < 4.78 is 0. The van der Waals surface area contributed by atoms with Crippen LogP contribution in [0.5, 0.6) is 0 Å². The molecule has 1 atom stereocenters. The van der Waals surface area contributed by atoms with Crippen LogP contribution in [0.15, 0.2) is 42.5 Å². The Bertz CT molecular complexity index is 944. The third-order valence-corrected chi connectivity index (χ3v) is 5.00. The summed E-state index contributed by atoms with van der Waals surface area (Å²) in [5, 5.41) is 5.84. The standard InChI is InChI=1S/C20H20ClN3O3/c1-12-7-8-16(9-13(12)2)22-17(25)11-24-18(26)20(3,23-19(24)27)14-5-4-6-15(21)10-14/h4-10H,11H2,1-3H3,(H,22,25)(H,23,27).